The zero-order valence-corrected chi connectivity index (χ0v) is 12.4. The fraction of sp³-hybridized carbons (Fsp3) is 0.429. The van der Waals surface area contributed by atoms with Crippen molar-refractivity contribution < 1.29 is 9.53 Å². The third kappa shape index (κ3) is 2.77. The molecule has 1 fully saturated rings. The Balaban J connectivity index is 1.77. The van der Waals surface area contributed by atoms with Gasteiger partial charge in [-0.05, 0) is 13.0 Å². The molecule has 0 bridgehead atoms. The van der Waals surface area contributed by atoms with Gasteiger partial charge in [0.05, 0.1) is 18.7 Å². The van der Waals surface area contributed by atoms with E-state index >= 15 is 0 Å². The summed E-state index contributed by atoms with van der Waals surface area (Å²) in [5, 5.41) is 6.86. The Bertz CT molecular complexity index is 751. The summed E-state index contributed by atoms with van der Waals surface area (Å²) >= 11 is 0. The van der Waals surface area contributed by atoms with E-state index in [-0.39, 0.29) is 17.6 Å². The van der Waals surface area contributed by atoms with Crippen molar-refractivity contribution in [3.63, 3.8) is 0 Å². The number of carbonyl (C=O) groups excluding carboxylic acids is 1. The Morgan fingerprint density at radius 3 is 2.95 bits per heavy atom. The number of carbonyl (C=O) groups is 1. The minimum Gasteiger partial charge on any atom is -0.366 e. The number of hydrogen-bond donors (Lipinski definition) is 1. The minimum absolute atomic E-state index is 0.129. The maximum absolute atomic E-state index is 12.6. The molecule has 0 unspecified atom stereocenters. The Labute approximate surface area is 126 Å². The second kappa shape index (κ2) is 5.72. The summed E-state index contributed by atoms with van der Waals surface area (Å²) in [5.41, 5.74) is 0.335. The molecule has 1 saturated heterocycles. The number of aromatic amines is 1. The molecular formula is C14H17N5O3. The van der Waals surface area contributed by atoms with Crippen LogP contribution in [-0.2, 0) is 11.8 Å². The van der Waals surface area contributed by atoms with E-state index in [2.05, 4.69) is 15.2 Å². The number of rotatable bonds is 2. The quantitative estimate of drug-likeness (QED) is 0.844. The number of nitrogens with zero attached hydrogens (tertiary/aromatic N) is 4. The van der Waals surface area contributed by atoms with Gasteiger partial charge >= 0.3 is 0 Å². The number of ether oxygens (including phenoxy) is 1. The van der Waals surface area contributed by atoms with Gasteiger partial charge in [-0.15, -0.1) is 0 Å². The van der Waals surface area contributed by atoms with Crippen molar-refractivity contribution in [3.05, 3.63) is 45.9 Å². The van der Waals surface area contributed by atoms with Crippen LogP contribution in [-0.4, -0.2) is 50.3 Å². The third-order valence-corrected chi connectivity index (χ3v) is 3.59. The smallest absolute Gasteiger partial charge is 0.255 e. The first-order valence-corrected chi connectivity index (χ1v) is 7.01. The van der Waals surface area contributed by atoms with Crippen LogP contribution in [0.5, 0.6) is 0 Å². The van der Waals surface area contributed by atoms with Crippen LogP contribution in [0.4, 0.5) is 0 Å². The van der Waals surface area contributed by atoms with Crippen molar-refractivity contribution in [2.75, 3.05) is 19.7 Å². The molecule has 8 heteroatoms. The van der Waals surface area contributed by atoms with Crippen LogP contribution in [0, 0.1) is 6.92 Å². The molecule has 1 aliphatic rings. The molecule has 116 valence electrons. The van der Waals surface area contributed by atoms with Crippen LogP contribution >= 0.6 is 0 Å². The average Bonchev–Trinajstić information content (AvgIpc) is 2.96. The zero-order chi connectivity index (χ0) is 15.7. The summed E-state index contributed by atoms with van der Waals surface area (Å²) in [5.74, 6) is 1.13. The first-order chi connectivity index (χ1) is 10.5. The number of amides is 1. The molecule has 2 aromatic rings. The summed E-state index contributed by atoms with van der Waals surface area (Å²) in [7, 11) is 1.62. The molecule has 2 aromatic heterocycles. The van der Waals surface area contributed by atoms with E-state index in [1.54, 1.807) is 24.2 Å². The maximum atomic E-state index is 12.6. The first kappa shape index (κ1) is 14.5. The third-order valence-electron chi connectivity index (χ3n) is 3.59. The molecule has 0 saturated carbocycles. The summed E-state index contributed by atoms with van der Waals surface area (Å²) in [4.78, 5) is 29.9. The van der Waals surface area contributed by atoms with E-state index in [9.17, 15) is 9.59 Å². The van der Waals surface area contributed by atoms with Gasteiger partial charge in [-0.1, -0.05) is 0 Å². The van der Waals surface area contributed by atoms with Crippen molar-refractivity contribution in [2.24, 2.45) is 7.05 Å². The van der Waals surface area contributed by atoms with Crippen LogP contribution in [0.25, 0.3) is 0 Å². The lowest BCUT2D eigenvalue weighted by atomic mass is 10.2. The Morgan fingerprint density at radius 1 is 1.45 bits per heavy atom. The van der Waals surface area contributed by atoms with E-state index in [1.807, 2.05) is 6.92 Å². The highest BCUT2D eigenvalue weighted by Gasteiger charge is 2.28. The molecule has 1 atom stereocenters. The largest absolute Gasteiger partial charge is 0.366 e. The van der Waals surface area contributed by atoms with Gasteiger partial charge in [0.25, 0.3) is 5.91 Å². The molecule has 1 amide bonds. The SMILES string of the molecule is Cc1nc([C@H]2CN(C(=O)c3ccc(=O)n(C)c3)CCO2)n[nH]1. The van der Waals surface area contributed by atoms with Crippen LogP contribution in [0.1, 0.15) is 28.1 Å². The van der Waals surface area contributed by atoms with Crippen LogP contribution in [0.15, 0.2) is 23.1 Å². The number of aromatic nitrogens is 4. The monoisotopic (exact) mass is 303 g/mol. The number of nitrogens with one attached hydrogen (secondary N) is 1. The summed E-state index contributed by atoms with van der Waals surface area (Å²) in [6, 6.07) is 2.94. The maximum Gasteiger partial charge on any atom is 0.255 e. The zero-order valence-electron chi connectivity index (χ0n) is 12.4. The molecule has 22 heavy (non-hydrogen) atoms. The topological polar surface area (TPSA) is 93.1 Å². The van der Waals surface area contributed by atoms with Crippen LogP contribution in [0.2, 0.25) is 0 Å². The molecule has 0 radical (unpaired) electrons. The Kier molecular flexibility index (Phi) is 3.76. The lowest BCUT2D eigenvalue weighted by molar-refractivity contribution is -0.0267. The second-order valence-corrected chi connectivity index (χ2v) is 5.26. The van der Waals surface area contributed by atoms with Crippen molar-refractivity contribution in [1.82, 2.24) is 24.6 Å². The molecular weight excluding hydrogens is 286 g/mol. The summed E-state index contributed by atoms with van der Waals surface area (Å²) in [6.45, 7) is 3.13. The standard InChI is InChI=1S/C14H17N5O3/c1-9-15-13(17-16-9)11-8-19(5-6-22-11)14(21)10-3-4-12(20)18(2)7-10/h3-4,7,11H,5-6,8H2,1-2H3,(H,15,16,17)/t11-/m1/s1. The van der Waals surface area contributed by atoms with Crippen LogP contribution in [0.3, 0.4) is 0 Å². The van der Waals surface area contributed by atoms with E-state index in [1.165, 1.54) is 10.6 Å². The van der Waals surface area contributed by atoms with Gasteiger partial charge in [-0.2, -0.15) is 5.10 Å². The van der Waals surface area contributed by atoms with E-state index in [0.717, 1.165) is 0 Å². The van der Waals surface area contributed by atoms with Crippen molar-refractivity contribution in [1.29, 1.82) is 0 Å². The Hall–Kier alpha value is -2.48. The number of morpholine rings is 1. The number of H-pyrrole nitrogens is 1. The highest BCUT2D eigenvalue weighted by atomic mass is 16.5. The predicted octanol–water partition coefficient (Wildman–Crippen LogP) is 0.0255. The van der Waals surface area contributed by atoms with Gasteiger partial charge in [0.15, 0.2) is 5.82 Å². The van der Waals surface area contributed by atoms with Crippen LogP contribution < -0.4 is 5.56 Å². The lowest BCUT2D eigenvalue weighted by Gasteiger charge is -2.31. The van der Waals surface area contributed by atoms with E-state index < -0.39 is 0 Å². The summed E-state index contributed by atoms with van der Waals surface area (Å²) in [6.07, 6.45) is 1.21. The highest BCUT2D eigenvalue weighted by molar-refractivity contribution is 5.94. The highest BCUT2D eigenvalue weighted by Crippen LogP contribution is 2.20. The average molecular weight is 303 g/mol. The minimum atomic E-state index is -0.338. The fourth-order valence-electron chi connectivity index (χ4n) is 2.40. The fourth-order valence-corrected chi connectivity index (χ4v) is 2.40. The molecule has 8 nitrogen and oxygen atoms in total. The van der Waals surface area contributed by atoms with Crippen molar-refractivity contribution in [2.45, 2.75) is 13.0 Å². The lowest BCUT2D eigenvalue weighted by Crippen LogP contribution is -2.42. The van der Waals surface area contributed by atoms with Gasteiger partial charge in [-0.3, -0.25) is 14.7 Å². The molecule has 0 aromatic carbocycles. The molecule has 1 N–H and O–H groups in total. The van der Waals surface area contributed by atoms with Gasteiger partial charge < -0.3 is 14.2 Å². The molecule has 3 heterocycles. The number of aryl methyl sites for hydroxylation is 2. The number of hydrogen-bond acceptors (Lipinski definition) is 5. The summed E-state index contributed by atoms with van der Waals surface area (Å²) < 4.78 is 7.04. The van der Waals surface area contributed by atoms with Crippen molar-refractivity contribution in [3.8, 4) is 0 Å². The first-order valence-electron chi connectivity index (χ1n) is 7.01. The second-order valence-electron chi connectivity index (χ2n) is 5.26. The van der Waals surface area contributed by atoms with E-state index in [0.29, 0.717) is 36.9 Å². The Morgan fingerprint density at radius 2 is 2.27 bits per heavy atom. The van der Waals surface area contributed by atoms with Gasteiger partial charge in [0.2, 0.25) is 5.56 Å². The molecule has 0 aliphatic carbocycles. The molecule has 1 aliphatic heterocycles. The molecule has 3 rings (SSSR count). The van der Waals surface area contributed by atoms with Gasteiger partial charge in [0.1, 0.15) is 11.9 Å². The predicted molar refractivity (Wildman–Crippen MR) is 77.4 cm³/mol. The number of pyridine rings is 1. The van der Waals surface area contributed by atoms with Gasteiger partial charge in [-0.25, -0.2) is 4.98 Å². The van der Waals surface area contributed by atoms with E-state index in [4.69, 9.17) is 4.74 Å². The van der Waals surface area contributed by atoms with Crippen molar-refractivity contribution >= 4 is 5.91 Å². The van der Waals surface area contributed by atoms with Gasteiger partial charge in [0, 0.05) is 25.9 Å². The molecule has 0 spiro atoms. The normalized spacial score (nSPS) is 18.5.